The average Bonchev–Trinajstić information content (AvgIpc) is 3.44. The smallest absolute Gasteiger partial charge is 0.255 e. The molecule has 2 aromatic heterocycles. The summed E-state index contributed by atoms with van der Waals surface area (Å²) in [6.45, 7) is 0. The SMILES string of the molecule is O=C(Nc1cccc(CSc2ncnc3[nH]ncc23)c1)c1ccc(N2C(=O)CCC2=O)cc1. The summed E-state index contributed by atoms with van der Waals surface area (Å²) < 4.78 is 0. The second-order valence-corrected chi connectivity index (χ2v) is 8.39. The van der Waals surface area contributed by atoms with Gasteiger partial charge in [-0.1, -0.05) is 12.1 Å². The number of hydrogen-bond acceptors (Lipinski definition) is 7. The summed E-state index contributed by atoms with van der Waals surface area (Å²) >= 11 is 1.56. The van der Waals surface area contributed by atoms with E-state index in [0.717, 1.165) is 20.9 Å². The van der Waals surface area contributed by atoms with Gasteiger partial charge in [-0.3, -0.25) is 24.4 Å². The number of aromatic nitrogens is 4. The summed E-state index contributed by atoms with van der Waals surface area (Å²) in [6, 6.07) is 14.0. The minimum Gasteiger partial charge on any atom is -0.322 e. The molecule has 0 unspecified atom stereocenters. The Morgan fingerprint density at radius 3 is 2.64 bits per heavy atom. The van der Waals surface area contributed by atoms with Gasteiger partial charge in [-0.15, -0.1) is 11.8 Å². The number of hydrogen-bond donors (Lipinski definition) is 2. The van der Waals surface area contributed by atoms with Crippen molar-refractivity contribution in [1.82, 2.24) is 20.2 Å². The largest absolute Gasteiger partial charge is 0.322 e. The number of nitrogens with one attached hydrogen (secondary N) is 2. The molecule has 0 aliphatic carbocycles. The van der Waals surface area contributed by atoms with Crippen LogP contribution < -0.4 is 10.2 Å². The lowest BCUT2D eigenvalue weighted by molar-refractivity contribution is -0.121. The van der Waals surface area contributed by atoms with Crippen molar-refractivity contribution in [3.8, 4) is 0 Å². The molecule has 3 amide bonds. The highest BCUT2D eigenvalue weighted by Crippen LogP contribution is 2.27. The van der Waals surface area contributed by atoms with Crippen molar-refractivity contribution < 1.29 is 14.4 Å². The van der Waals surface area contributed by atoms with Crippen LogP contribution in [-0.2, 0) is 15.3 Å². The van der Waals surface area contributed by atoms with Gasteiger partial charge in [0.2, 0.25) is 11.8 Å². The van der Waals surface area contributed by atoms with Crippen LogP contribution in [0.1, 0.15) is 28.8 Å². The third-order valence-electron chi connectivity index (χ3n) is 5.21. The summed E-state index contributed by atoms with van der Waals surface area (Å²) in [5.41, 5.74) is 3.30. The van der Waals surface area contributed by atoms with Crippen LogP contribution in [0.5, 0.6) is 0 Å². The van der Waals surface area contributed by atoms with E-state index < -0.39 is 0 Å². The molecule has 1 aliphatic heterocycles. The molecular formula is C23H18N6O3S. The predicted molar refractivity (Wildman–Crippen MR) is 124 cm³/mol. The maximum atomic E-state index is 12.7. The van der Waals surface area contributed by atoms with E-state index in [1.807, 2.05) is 24.3 Å². The van der Waals surface area contributed by atoms with Gasteiger partial charge >= 0.3 is 0 Å². The molecule has 1 saturated heterocycles. The van der Waals surface area contributed by atoms with Crippen LogP contribution in [0.25, 0.3) is 11.0 Å². The van der Waals surface area contributed by atoms with Gasteiger partial charge in [0.05, 0.1) is 17.3 Å². The molecule has 5 rings (SSSR count). The number of carbonyl (C=O) groups is 3. The van der Waals surface area contributed by atoms with E-state index >= 15 is 0 Å². The molecule has 2 aromatic carbocycles. The highest BCUT2D eigenvalue weighted by molar-refractivity contribution is 7.98. The fourth-order valence-electron chi connectivity index (χ4n) is 3.58. The van der Waals surface area contributed by atoms with Gasteiger partial charge in [-0.25, -0.2) is 9.97 Å². The Hall–Kier alpha value is -4.05. The van der Waals surface area contributed by atoms with Crippen molar-refractivity contribution in [3.63, 3.8) is 0 Å². The van der Waals surface area contributed by atoms with Gasteiger partial charge in [-0.05, 0) is 42.0 Å². The van der Waals surface area contributed by atoms with Crippen LogP contribution in [0.4, 0.5) is 11.4 Å². The predicted octanol–water partition coefficient (Wildman–Crippen LogP) is 3.55. The van der Waals surface area contributed by atoms with E-state index in [9.17, 15) is 14.4 Å². The molecule has 0 spiro atoms. The molecule has 164 valence electrons. The number of anilines is 2. The zero-order valence-corrected chi connectivity index (χ0v) is 18.1. The van der Waals surface area contributed by atoms with Gasteiger partial charge < -0.3 is 5.32 Å². The van der Waals surface area contributed by atoms with E-state index in [0.29, 0.717) is 28.3 Å². The Labute approximate surface area is 192 Å². The summed E-state index contributed by atoms with van der Waals surface area (Å²) in [5, 5.41) is 11.4. The Balaban J connectivity index is 1.25. The van der Waals surface area contributed by atoms with Gasteiger partial charge in [-0.2, -0.15) is 5.10 Å². The molecule has 0 atom stereocenters. The Kier molecular flexibility index (Phi) is 5.57. The van der Waals surface area contributed by atoms with Crippen molar-refractivity contribution in [2.45, 2.75) is 23.6 Å². The summed E-state index contributed by atoms with van der Waals surface area (Å²) in [4.78, 5) is 46.1. The molecule has 2 N–H and O–H groups in total. The van der Waals surface area contributed by atoms with Gasteiger partial charge in [0, 0.05) is 29.8 Å². The number of thioether (sulfide) groups is 1. The Morgan fingerprint density at radius 1 is 1.06 bits per heavy atom. The first kappa shape index (κ1) is 20.8. The number of imide groups is 1. The quantitative estimate of drug-likeness (QED) is 0.257. The van der Waals surface area contributed by atoms with Crippen molar-refractivity contribution in [3.05, 3.63) is 72.2 Å². The Bertz CT molecular complexity index is 1350. The first-order valence-electron chi connectivity index (χ1n) is 10.2. The van der Waals surface area contributed by atoms with E-state index in [4.69, 9.17) is 0 Å². The maximum Gasteiger partial charge on any atom is 0.255 e. The highest BCUT2D eigenvalue weighted by atomic mass is 32.2. The molecular weight excluding hydrogens is 440 g/mol. The van der Waals surface area contributed by atoms with Gasteiger partial charge in [0.15, 0.2) is 5.65 Å². The van der Waals surface area contributed by atoms with E-state index in [1.165, 1.54) is 6.33 Å². The monoisotopic (exact) mass is 458 g/mol. The van der Waals surface area contributed by atoms with Gasteiger partial charge in [0.1, 0.15) is 11.4 Å². The number of benzene rings is 2. The topological polar surface area (TPSA) is 121 Å². The number of aromatic amines is 1. The lowest BCUT2D eigenvalue weighted by Gasteiger charge is -2.14. The lowest BCUT2D eigenvalue weighted by Crippen LogP contribution is -2.28. The van der Waals surface area contributed by atoms with Crippen LogP contribution >= 0.6 is 11.8 Å². The van der Waals surface area contributed by atoms with Crippen LogP contribution in [0.15, 0.2) is 66.1 Å². The van der Waals surface area contributed by atoms with Crippen LogP contribution in [0.3, 0.4) is 0 Å². The second-order valence-electron chi connectivity index (χ2n) is 7.42. The normalized spacial score (nSPS) is 13.6. The number of fused-ring (bicyclic) bond motifs is 1. The fourth-order valence-corrected chi connectivity index (χ4v) is 4.49. The van der Waals surface area contributed by atoms with Crippen LogP contribution in [-0.4, -0.2) is 37.9 Å². The fraction of sp³-hybridized carbons (Fsp3) is 0.130. The number of rotatable bonds is 6. The molecule has 0 bridgehead atoms. The van der Waals surface area contributed by atoms with Gasteiger partial charge in [0.25, 0.3) is 5.91 Å². The minimum atomic E-state index is -0.277. The van der Waals surface area contributed by atoms with E-state index in [2.05, 4.69) is 25.5 Å². The third-order valence-corrected chi connectivity index (χ3v) is 6.29. The number of H-pyrrole nitrogens is 1. The first-order valence-corrected chi connectivity index (χ1v) is 11.2. The maximum absolute atomic E-state index is 12.7. The highest BCUT2D eigenvalue weighted by Gasteiger charge is 2.30. The first-order chi connectivity index (χ1) is 16.1. The average molecular weight is 459 g/mol. The minimum absolute atomic E-state index is 0.220. The molecule has 0 saturated carbocycles. The van der Waals surface area contributed by atoms with Crippen LogP contribution in [0, 0.1) is 0 Å². The van der Waals surface area contributed by atoms with Crippen molar-refractivity contribution in [2.24, 2.45) is 0 Å². The van der Waals surface area contributed by atoms with Crippen LogP contribution in [0.2, 0.25) is 0 Å². The number of carbonyl (C=O) groups excluding carboxylic acids is 3. The molecule has 3 heterocycles. The molecule has 0 radical (unpaired) electrons. The number of amides is 3. The lowest BCUT2D eigenvalue weighted by atomic mass is 10.1. The van der Waals surface area contributed by atoms with E-state index in [-0.39, 0.29) is 30.6 Å². The van der Waals surface area contributed by atoms with Crippen molar-refractivity contribution in [1.29, 1.82) is 0 Å². The summed E-state index contributed by atoms with van der Waals surface area (Å²) in [6.07, 6.45) is 3.65. The Morgan fingerprint density at radius 2 is 1.85 bits per heavy atom. The second kappa shape index (κ2) is 8.83. The molecule has 33 heavy (non-hydrogen) atoms. The molecule has 10 heteroatoms. The van der Waals surface area contributed by atoms with E-state index in [1.54, 1.807) is 42.2 Å². The number of nitrogens with zero attached hydrogens (tertiary/aromatic N) is 4. The standard InChI is InChI=1S/C23H18N6O3S/c30-19-8-9-20(31)29(19)17-6-4-15(5-7-17)22(32)27-16-3-1-2-14(10-16)12-33-23-18-11-26-28-21(18)24-13-25-23/h1-7,10-11,13H,8-9,12H2,(H,27,32)(H,24,25,26,28). The zero-order valence-electron chi connectivity index (χ0n) is 17.3. The molecule has 1 fully saturated rings. The molecule has 9 nitrogen and oxygen atoms in total. The van der Waals surface area contributed by atoms with Crippen molar-refractivity contribution >= 4 is 51.9 Å². The molecule has 1 aliphatic rings. The zero-order chi connectivity index (χ0) is 22.8. The summed E-state index contributed by atoms with van der Waals surface area (Å²) in [7, 11) is 0. The molecule has 4 aromatic rings. The third kappa shape index (κ3) is 4.33. The van der Waals surface area contributed by atoms with Crippen molar-refractivity contribution in [2.75, 3.05) is 10.2 Å². The summed E-state index contributed by atoms with van der Waals surface area (Å²) in [5.74, 6) is -0.0563.